The molecular formula is C14H25N5OS. The van der Waals surface area contributed by atoms with Crippen molar-refractivity contribution in [2.45, 2.75) is 32.3 Å². The molecule has 0 aliphatic rings. The van der Waals surface area contributed by atoms with Crippen LogP contribution in [-0.4, -0.2) is 53.2 Å². The van der Waals surface area contributed by atoms with Crippen molar-refractivity contribution in [3.63, 3.8) is 0 Å². The Bertz CT molecular complexity index is 451. The van der Waals surface area contributed by atoms with E-state index in [4.69, 9.17) is 0 Å². The number of thioether (sulfide) groups is 1. The summed E-state index contributed by atoms with van der Waals surface area (Å²) in [6, 6.07) is 1.87. The molecule has 2 N–H and O–H groups in total. The van der Waals surface area contributed by atoms with Crippen molar-refractivity contribution in [2.75, 3.05) is 43.1 Å². The van der Waals surface area contributed by atoms with Crippen molar-refractivity contribution in [1.82, 2.24) is 14.9 Å². The second kappa shape index (κ2) is 9.44. The molecule has 0 atom stereocenters. The van der Waals surface area contributed by atoms with Crippen molar-refractivity contribution in [1.29, 1.82) is 0 Å². The van der Waals surface area contributed by atoms with Gasteiger partial charge in [0.2, 0.25) is 5.91 Å². The third kappa shape index (κ3) is 5.79. The van der Waals surface area contributed by atoms with Gasteiger partial charge in [-0.3, -0.25) is 4.79 Å². The SMILES string of the molecule is CCNc1cc(NCCC(=O)N(CC)CC)nc(SC)n1. The van der Waals surface area contributed by atoms with Crippen LogP contribution in [0.25, 0.3) is 0 Å². The second-order valence-corrected chi connectivity index (χ2v) is 5.17. The predicted molar refractivity (Wildman–Crippen MR) is 89.0 cm³/mol. The lowest BCUT2D eigenvalue weighted by Gasteiger charge is -2.18. The Morgan fingerprint density at radius 1 is 1.19 bits per heavy atom. The van der Waals surface area contributed by atoms with E-state index in [1.807, 2.05) is 38.0 Å². The lowest BCUT2D eigenvalue weighted by atomic mass is 10.3. The molecule has 21 heavy (non-hydrogen) atoms. The number of anilines is 2. The third-order valence-electron chi connectivity index (χ3n) is 3.01. The predicted octanol–water partition coefficient (Wildman–Crippen LogP) is 2.30. The molecule has 0 spiro atoms. The largest absolute Gasteiger partial charge is 0.370 e. The number of hydrogen-bond donors (Lipinski definition) is 2. The van der Waals surface area contributed by atoms with Gasteiger partial charge in [0.15, 0.2) is 5.16 Å². The molecule has 1 aromatic rings. The van der Waals surface area contributed by atoms with Gasteiger partial charge in [-0.15, -0.1) is 0 Å². The Morgan fingerprint density at radius 3 is 2.33 bits per heavy atom. The highest BCUT2D eigenvalue weighted by molar-refractivity contribution is 7.98. The normalized spacial score (nSPS) is 10.3. The number of nitrogens with one attached hydrogen (secondary N) is 2. The summed E-state index contributed by atoms with van der Waals surface area (Å²) in [5.41, 5.74) is 0. The van der Waals surface area contributed by atoms with Crippen LogP contribution < -0.4 is 10.6 Å². The van der Waals surface area contributed by atoms with E-state index in [2.05, 4.69) is 20.6 Å². The smallest absolute Gasteiger partial charge is 0.224 e. The maximum Gasteiger partial charge on any atom is 0.224 e. The van der Waals surface area contributed by atoms with E-state index in [1.54, 1.807) is 0 Å². The minimum Gasteiger partial charge on any atom is -0.370 e. The number of aromatic nitrogens is 2. The molecule has 0 saturated heterocycles. The molecule has 118 valence electrons. The standard InChI is InChI=1S/C14H25N5OS/c1-5-15-11-10-12(18-14(17-11)21-4)16-9-8-13(20)19(6-2)7-3/h10H,5-9H2,1-4H3,(H2,15,16,17,18). The van der Waals surface area contributed by atoms with E-state index >= 15 is 0 Å². The van der Waals surface area contributed by atoms with Crippen LogP contribution >= 0.6 is 11.8 Å². The molecule has 0 aliphatic carbocycles. The van der Waals surface area contributed by atoms with E-state index in [1.165, 1.54) is 11.8 Å². The summed E-state index contributed by atoms with van der Waals surface area (Å²) < 4.78 is 0. The molecule has 0 fully saturated rings. The Hall–Kier alpha value is -1.50. The Labute approximate surface area is 131 Å². The number of carbonyl (C=O) groups excluding carboxylic acids is 1. The zero-order chi connectivity index (χ0) is 15.7. The number of rotatable bonds is 9. The van der Waals surface area contributed by atoms with Crippen LogP contribution in [0.5, 0.6) is 0 Å². The van der Waals surface area contributed by atoms with Crippen molar-refractivity contribution in [3.8, 4) is 0 Å². The van der Waals surface area contributed by atoms with Crippen LogP contribution in [0.2, 0.25) is 0 Å². The Morgan fingerprint density at radius 2 is 1.81 bits per heavy atom. The zero-order valence-electron chi connectivity index (χ0n) is 13.3. The summed E-state index contributed by atoms with van der Waals surface area (Å²) in [6.45, 7) is 8.90. The van der Waals surface area contributed by atoms with Gasteiger partial charge in [0.25, 0.3) is 0 Å². The molecular weight excluding hydrogens is 286 g/mol. The average molecular weight is 311 g/mol. The highest BCUT2D eigenvalue weighted by Gasteiger charge is 2.09. The van der Waals surface area contributed by atoms with Crippen molar-refractivity contribution in [3.05, 3.63) is 6.07 Å². The van der Waals surface area contributed by atoms with Crippen LogP contribution in [0.1, 0.15) is 27.2 Å². The molecule has 0 unspecified atom stereocenters. The molecule has 1 aromatic heterocycles. The molecule has 1 rings (SSSR count). The molecule has 7 heteroatoms. The van der Waals surface area contributed by atoms with Gasteiger partial charge in [-0.1, -0.05) is 11.8 Å². The molecule has 0 aromatic carbocycles. The number of nitrogens with zero attached hydrogens (tertiary/aromatic N) is 3. The molecule has 1 heterocycles. The van der Waals surface area contributed by atoms with Crippen molar-refractivity contribution in [2.24, 2.45) is 0 Å². The first-order valence-corrected chi connectivity index (χ1v) is 8.55. The minimum absolute atomic E-state index is 0.165. The average Bonchev–Trinajstić information content (AvgIpc) is 2.48. The summed E-state index contributed by atoms with van der Waals surface area (Å²) in [5.74, 6) is 1.71. The monoisotopic (exact) mass is 311 g/mol. The maximum absolute atomic E-state index is 11.9. The van der Waals surface area contributed by atoms with Crippen LogP contribution in [0, 0.1) is 0 Å². The quantitative estimate of drug-likeness (QED) is 0.539. The maximum atomic E-state index is 11.9. The van der Waals surface area contributed by atoms with Gasteiger partial charge in [0, 0.05) is 38.7 Å². The zero-order valence-corrected chi connectivity index (χ0v) is 14.1. The summed E-state index contributed by atoms with van der Waals surface area (Å²) in [4.78, 5) is 22.5. The van der Waals surface area contributed by atoms with Gasteiger partial charge >= 0.3 is 0 Å². The van der Waals surface area contributed by atoms with Gasteiger partial charge in [-0.2, -0.15) is 0 Å². The number of hydrogen-bond acceptors (Lipinski definition) is 6. The van der Waals surface area contributed by atoms with E-state index in [0.717, 1.165) is 31.3 Å². The minimum atomic E-state index is 0.165. The topological polar surface area (TPSA) is 70.2 Å². The van der Waals surface area contributed by atoms with E-state index < -0.39 is 0 Å². The fourth-order valence-electron chi connectivity index (χ4n) is 1.91. The lowest BCUT2D eigenvalue weighted by Crippen LogP contribution is -2.31. The molecule has 0 radical (unpaired) electrons. The number of carbonyl (C=O) groups is 1. The van der Waals surface area contributed by atoms with Crippen LogP contribution in [-0.2, 0) is 4.79 Å². The van der Waals surface area contributed by atoms with E-state index in [-0.39, 0.29) is 5.91 Å². The Kier molecular flexibility index (Phi) is 7.89. The van der Waals surface area contributed by atoms with Gasteiger partial charge in [0.1, 0.15) is 11.6 Å². The fraction of sp³-hybridized carbons (Fsp3) is 0.643. The van der Waals surface area contributed by atoms with Crippen molar-refractivity contribution < 1.29 is 4.79 Å². The lowest BCUT2D eigenvalue weighted by molar-refractivity contribution is -0.130. The van der Waals surface area contributed by atoms with Crippen molar-refractivity contribution >= 4 is 29.3 Å². The first-order valence-electron chi connectivity index (χ1n) is 7.33. The fourth-order valence-corrected chi connectivity index (χ4v) is 2.29. The highest BCUT2D eigenvalue weighted by atomic mass is 32.2. The first kappa shape index (κ1) is 17.6. The summed E-state index contributed by atoms with van der Waals surface area (Å²) in [6.07, 6.45) is 2.41. The summed E-state index contributed by atoms with van der Waals surface area (Å²) in [7, 11) is 0. The molecule has 1 amide bonds. The van der Waals surface area contributed by atoms with Crippen LogP contribution in [0.15, 0.2) is 11.2 Å². The van der Waals surface area contributed by atoms with Crippen LogP contribution in [0.4, 0.5) is 11.6 Å². The van der Waals surface area contributed by atoms with Gasteiger partial charge < -0.3 is 15.5 Å². The summed E-state index contributed by atoms with van der Waals surface area (Å²) >= 11 is 1.50. The summed E-state index contributed by atoms with van der Waals surface area (Å²) in [5, 5.41) is 7.09. The molecule has 0 saturated carbocycles. The molecule has 0 bridgehead atoms. The Balaban J connectivity index is 2.58. The number of amides is 1. The van der Waals surface area contributed by atoms with E-state index in [9.17, 15) is 4.79 Å². The first-order chi connectivity index (χ1) is 10.1. The highest BCUT2D eigenvalue weighted by Crippen LogP contribution is 2.17. The van der Waals surface area contributed by atoms with Gasteiger partial charge in [-0.25, -0.2) is 9.97 Å². The van der Waals surface area contributed by atoms with Crippen LogP contribution in [0.3, 0.4) is 0 Å². The second-order valence-electron chi connectivity index (χ2n) is 4.40. The van der Waals surface area contributed by atoms with E-state index in [0.29, 0.717) is 18.1 Å². The third-order valence-corrected chi connectivity index (χ3v) is 3.55. The molecule has 6 nitrogen and oxygen atoms in total. The molecule has 0 aliphatic heterocycles. The van der Waals surface area contributed by atoms with Gasteiger partial charge in [-0.05, 0) is 27.0 Å². The van der Waals surface area contributed by atoms with Gasteiger partial charge in [0.05, 0.1) is 0 Å².